The van der Waals surface area contributed by atoms with E-state index < -0.39 is 0 Å². The molecule has 0 radical (unpaired) electrons. The quantitative estimate of drug-likeness (QED) is 0.434. The Bertz CT molecular complexity index is 989. The molecule has 2 nitrogen and oxygen atoms in total. The molecule has 124 valence electrons. The van der Waals surface area contributed by atoms with E-state index in [0.717, 1.165) is 41.3 Å². The van der Waals surface area contributed by atoms with Crippen molar-refractivity contribution in [2.75, 3.05) is 0 Å². The van der Waals surface area contributed by atoms with Crippen LogP contribution in [0, 0.1) is 0 Å². The first-order valence-corrected chi connectivity index (χ1v) is 8.94. The maximum atomic E-state index is 6.19. The van der Waals surface area contributed by atoms with Crippen LogP contribution in [-0.4, -0.2) is 9.55 Å². The number of halogens is 1. The highest BCUT2D eigenvalue weighted by Crippen LogP contribution is 2.27. The van der Waals surface area contributed by atoms with Crippen molar-refractivity contribution >= 4 is 22.6 Å². The fourth-order valence-electron chi connectivity index (χ4n) is 3.24. The van der Waals surface area contributed by atoms with E-state index in [1.165, 1.54) is 11.1 Å². The van der Waals surface area contributed by atoms with Gasteiger partial charge in [0.1, 0.15) is 5.82 Å². The Hall–Kier alpha value is -2.58. The molecule has 4 rings (SSSR count). The summed E-state index contributed by atoms with van der Waals surface area (Å²) in [6.45, 7) is 0.928. The number of aryl methyl sites for hydroxylation is 2. The molecular weight excluding hydrogens is 328 g/mol. The molecular formula is C22H19ClN2. The van der Waals surface area contributed by atoms with Crippen LogP contribution in [0.1, 0.15) is 12.0 Å². The lowest BCUT2D eigenvalue weighted by molar-refractivity contribution is 0.663. The van der Waals surface area contributed by atoms with Gasteiger partial charge >= 0.3 is 0 Å². The molecule has 0 saturated carbocycles. The number of hydrogen-bond donors (Lipinski definition) is 0. The van der Waals surface area contributed by atoms with Gasteiger partial charge < -0.3 is 4.57 Å². The summed E-state index contributed by atoms with van der Waals surface area (Å²) in [4.78, 5) is 4.85. The number of para-hydroxylation sites is 2. The number of imidazole rings is 1. The number of nitrogens with zero attached hydrogens (tertiary/aromatic N) is 2. The molecule has 0 bridgehead atoms. The van der Waals surface area contributed by atoms with Crippen molar-refractivity contribution in [1.29, 1.82) is 0 Å². The predicted molar refractivity (Wildman–Crippen MR) is 105 cm³/mol. The molecule has 0 fully saturated rings. The van der Waals surface area contributed by atoms with Crippen LogP contribution in [0.25, 0.3) is 22.4 Å². The Morgan fingerprint density at radius 3 is 2.48 bits per heavy atom. The summed E-state index contributed by atoms with van der Waals surface area (Å²) in [5, 5.41) is 0.736. The van der Waals surface area contributed by atoms with Crippen LogP contribution in [0.2, 0.25) is 5.02 Å². The van der Waals surface area contributed by atoms with Gasteiger partial charge in [-0.2, -0.15) is 0 Å². The minimum Gasteiger partial charge on any atom is -0.324 e. The molecule has 0 saturated heterocycles. The third-order valence-electron chi connectivity index (χ3n) is 4.43. The normalized spacial score (nSPS) is 11.1. The topological polar surface area (TPSA) is 17.8 Å². The van der Waals surface area contributed by atoms with Gasteiger partial charge in [-0.1, -0.05) is 66.2 Å². The molecule has 0 atom stereocenters. The monoisotopic (exact) mass is 346 g/mol. The van der Waals surface area contributed by atoms with Gasteiger partial charge in [-0.3, -0.25) is 0 Å². The standard InChI is InChI=1S/C22H19ClN2/c23-19-12-6-11-18(16-19)22-24-20-13-4-5-14-21(20)25(22)15-7-10-17-8-2-1-3-9-17/h1-6,8-9,11-14,16H,7,10,15H2. The zero-order valence-corrected chi connectivity index (χ0v) is 14.7. The molecule has 0 aliphatic carbocycles. The van der Waals surface area contributed by atoms with Gasteiger partial charge in [0.25, 0.3) is 0 Å². The highest BCUT2D eigenvalue weighted by molar-refractivity contribution is 6.30. The van der Waals surface area contributed by atoms with Crippen LogP contribution < -0.4 is 0 Å². The van der Waals surface area contributed by atoms with Gasteiger partial charge in [-0.15, -0.1) is 0 Å². The Labute approximate surface area is 152 Å². The maximum absolute atomic E-state index is 6.19. The second-order valence-corrected chi connectivity index (χ2v) is 6.61. The minimum atomic E-state index is 0.736. The van der Waals surface area contributed by atoms with E-state index in [2.05, 4.69) is 59.2 Å². The molecule has 0 amide bonds. The molecule has 0 N–H and O–H groups in total. The van der Waals surface area contributed by atoms with Crippen molar-refractivity contribution in [3.8, 4) is 11.4 Å². The van der Waals surface area contributed by atoms with Crippen LogP contribution in [0.5, 0.6) is 0 Å². The number of fused-ring (bicyclic) bond motifs is 1. The van der Waals surface area contributed by atoms with Crippen LogP contribution in [0.3, 0.4) is 0 Å². The summed E-state index contributed by atoms with van der Waals surface area (Å²) in [6, 6.07) is 26.9. The van der Waals surface area contributed by atoms with Gasteiger partial charge in [0.15, 0.2) is 0 Å². The van der Waals surface area contributed by atoms with Gasteiger partial charge in [0.05, 0.1) is 11.0 Å². The summed E-state index contributed by atoms with van der Waals surface area (Å²) in [7, 11) is 0. The third-order valence-corrected chi connectivity index (χ3v) is 4.66. The van der Waals surface area contributed by atoms with Crippen molar-refractivity contribution in [3.63, 3.8) is 0 Å². The van der Waals surface area contributed by atoms with E-state index >= 15 is 0 Å². The summed E-state index contributed by atoms with van der Waals surface area (Å²) >= 11 is 6.19. The number of rotatable bonds is 5. The van der Waals surface area contributed by atoms with E-state index in [-0.39, 0.29) is 0 Å². The van der Waals surface area contributed by atoms with E-state index in [9.17, 15) is 0 Å². The second kappa shape index (κ2) is 7.12. The number of benzene rings is 3. The first-order valence-electron chi connectivity index (χ1n) is 8.56. The van der Waals surface area contributed by atoms with Crippen LogP contribution in [0.15, 0.2) is 78.9 Å². The Kier molecular flexibility index (Phi) is 4.53. The van der Waals surface area contributed by atoms with Gasteiger partial charge in [0, 0.05) is 17.1 Å². The lowest BCUT2D eigenvalue weighted by atomic mass is 10.1. The maximum Gasteiger partial charge on any atom is 0.141 e. The molecule has 1 aromatic heterocycles. The smallest absolute Gasteiger partial charge is 0.141 e. The molecule has 3 aromatic carbocycles. The van der Waals surface area contributed by atoms with Crippen LogP contribution >= 0.6 is 11.6 Å². The van der Waals surface area contributed by atoms with Gasteiger partial charge in [-0.25, -0.2) is 4.98 Å². The second-order valence-electron chi connectivity index (χ2n) is 6.18. The molecule has 1 heterocycles. The summed E-state index contributed by atoms with van der Waals surface area (Å²) in [6.07, 6.45) is 2.13. The van der Waals surface area contributed by atoms with Gasteiger partial charge in [-0.05, 0) is 42.7 Å². The molecule has 3 heteroatoms. The van der Waals surface area contributed by atoms with E-state index in [0.29, 0.717) is 0 Å². The first-order chi connectivity index (χ1) is 12.3. The molecule has 0 unspecified atom stereocenters. The highest BCUT2D eigenvalue weighted by atomic mass is 35.5. The molecule has 25 heavy (non-hydrogen) atoms. The Morgan fingerprint density at radius 1 is 0.840 bits per heavy atom. The first kappa shape index (κ1) is 15.9. The predicted octanol–water partition coefficient (Wildman–Crippen LogP) is 5.99. The summed E-state index contributed by atoms with van der Waals surface area (Å²) in [5.41, 5.74) is 4.63. The highest BCUT2D eigenvalue weighted by Gasteiger charge is 2.12. The molecule has 0 aliphatic heterocycles. The molecule has 0 spiro atoms. The van der Waals surface area contributed by atoms with Crippen LogP contribution in [-0.2, 0) is 13.0 Å². The minimum absolute atomic E-state index is 0.736. The Morgan fingerprint density at radius 2 is 1.64 bits per heavy atom. The van der Waals surface area contributed by atoms with Crippen molar-refractivity contribution < 1.29 is 0 Å². The molecule has 4 aromatic rings. The van der Waals surface area contributed by atoms with E-state index in [4.69, 9.17) is 16.6 Å². The van der Waals surface area contributed by atoms with Gasteiger partial charge in [0.2, 0.25) is 0 Å². The third kappa shape index (κ3) is 3.45. The van der Waals surface area contributed by atoms with Crippen LogP contribution in [0.4, 0.5) is 0 Å². The average Bonchev–Trinajstić information content (AvgIpc) is 3.02. The summed E-state index contributed by atoms with van der Waals surface area (Å²) < 4.78 is 2.31. The Balaban J connectivity index is 1.67. The lowest BCUT2D eigenvalue weighted by Gasteiger charge is -2.10. The molecule has 0 aliphatic rings. The van der Waals surface area contributed by atoms with Crippen molar-refractivity contribution in [2.24, 2.45) is 0 Å². The fourth-order valence-corrected chi connectivity index (χ4v) is 3.43. The lowest BCUT2D eigenvalue weighted by Crippen LogP contribution is -2.02. The van der Waals surface area contributed by atoms with Crippen molar-refractivity contribution in [2.45, 2.75) is 19.4 Å². The fraction of sp³-hybridized carbons (Fsp3) is 0.136. The zero-order chi connectivity index (χ0) is 17.1. The van der Waals surface area contributed by atoms with E-state index in [1.54, 1.807) is 0 Å². The average molecular weight is 347 g/mol. The number of hydrogen-bond acceptors (Lipinski definition) is 1. The van der Waals surface area contributed by atoms with Crippen molar-refractivity contribution in [1.82, 2.24) is 9.55 Å². The number of aromatic nitrogens is 2. The summed E-state index contributed by atoms with van der Waals surface area (Å²) in [5.74, 6) is 0.983. The van der Waals surface area contributed by atoms with E-state index in [1.807, 2.05) is 24.3 Å². The largest absolute Gasteiger partial charge is 0.324 e. The van der Waals surface area contributed by atoms with Crippen molar-refractivity contribution in [3.05, 3.63) is 89.4 Å². The SMILES string of the molecule is Clc1cccc(-c2nc3ccccc3n2CCCc2ccccc2)c1. The zero-order valence-electron chi connectivity index (χ0n) is 13.9.